The van der Waals surface area contributed by atoms with E-state index in [9.17, 15) is 20.1 Å². The number of nitrogens with zero attached hydrogens (tertiary/aromatic N) is 1. The molecule has 1 saturated heterocycles. The number of benzene rings is 3. The van der Waals surface area contributed by atoms with Gasteiger partial charge in [0.2, 0.25) is 0 Å². The van der Waals surface area contributed by atoms with Crippen molar-refractivity contribution in [3.63, 3.8) is 0 Å². The minimum Gasteiger partial charge on any atom is -0.388 e. The van der Waals surface area contributed by atoms with E-state index < -0.39 is 30.6 Å². The molecule has 3 aromatic carbocycles. The second-order valence-corrected chi connectivity index (χ2v) is 9.27. The molecule has 172 valence electrons. The Kier molecular flexibility index (Phi) is 4.00. The van der Waals surface area contributed by atoms with Gasteiger partial charge in [0.05, 0.1) is 28.2 Å². The van der Waals surface area contributed by atoms with Crippen LogP contribution in [0.5, 0.6) is 0 Å². The summed E-state index contributed by atoms with van der Waals surface area (Å²) >= 11 is 0. The van der Waals surface area contributed by atoms with E-state index in [0.29, 0.717) is 12.1 Å². The summed E-state index contributed by atoms with van der Waals surface area (Å²) in [5.74, 6) is -0.135. The molecule has 0 bridgehead atoms. The van der Waals surface area contributed by atoms with Gasteiger partial charge >= 0.3 is 0 Å². The molecule has 1 amide bonds. The number of carbonyl (C=O) groups excluding carboxylic acids is 1. The van der Waals surface area contributed by atoms with Gasteiger partial charge in [-0.15, -0.1) is 0 Å². The molecular weight excluding hydrogens is 434 g/mol. The second kappa shape index (κ2) is 6.80. The molecular formula is C26H23N3O5. The van der Waals surface area contributed by atoms with E-state index in [1.165, 1.54) is 0 Å². The molecule has 34 heavy (non-hydrogen) atoms. The van der Waals surface area contributed by atoms with Crippen molar-refractivity contribution in [3.8, 4) is 0 Å². The fourth-order valence-corrected chi connectivity index (χ4v) is 5.86. The Morgan fingerprint density at radius 3 is 2.50 bits per heavy atom. The first-order valence-electron chi connectivity index (χ1n) is 11.4. The number of H-pyrrole nitrogens is 1. The van der Waals surface area contributed by atoms with Crippen molar-refractivity contribution in [2.75, 3.05) is 0 Å². The molecule has 8 nitrogen and oxygen atoms in total. The quantitative estimate of drug-likeness (QED) is 0.265. The van der Waals surface area contributed by atoms with Gasteiger partial charge in [-0.05, 0) is 24.6 Å². The zero-order chi connectivity index (χ0) is 23.3. The maximum absolute atomic E-state index is 13.1. The largest absolute Gasteiger partial charge is 0.388 e. The van der Waals surface area contributed by atoms with Gasteiger partial charge in [0.25, 0.3) is 5.91 Å². The number of aliphatic hydroxyl groups excluding tert-OH is 3. The lowest BCUT2D eigenvalue weighted by atomic mass is 9.96. The smallest absolute Gasteiger partial charge is 0.252 e. The molecule has 7 rings (SSSR count). The van der Waals surface area contributed by atoms with Crippen LogP contribution in [0.15, 0.2) is 48.5 Å². The molecule has 5 aromatic rings. The van der Waals surface area contributed by atoms with E-state index in [2.05, 4.69) is 10.3 Å². The van der Waals surface area contributed by atoms with Crippen LogP contribution in [0.2, 0.25) is 0 Å². The first-order chi connectivity index (χ1) is 16.5. The first-order valence-corrected chi connectivity index (χ1v) is 11.4. The van der Waals surface area contributed by atoms with Gasteiger partial charge in [0.15, 0.2) is 6.23 Å². The Labute approximate surface area is 193 Å². The highest BCUT2D eigenvalue weighted by atomic mass is 16.5. The molecule has 2 aromatic heterocycles. The van der Waals surface area contributed by atoms with Gasteiger partial charge in [-0.2, -0.15) is 0 Å². The van der Waals surface area contributed by atoms with Crippen molar-refractivity contribution in [2.24, 2.45) is 0 Å². The number of para-hydroxylation sites is 2. The van der Waals surface area contributed by atoms with Crippen molar-refractivity contribution in [1.29, 1.82) is 0 Å². The van der Waals surface area contributed by atoms with E-state index in [1.54, 1.807) is 6.92 Å². The standard InChI is InChI=1S/C26H23N3O5/c1-11-22(30)23(31)24(32)26(34-11)29-16-9-5-3-7-13(16)18-19-14(10-27-25(19)33)17-12-6-2-4-8-15(12)28-20(17)21(18)29/h2-9,11,22-24,26,28,30-32H,10H2,1H3,(H,27,33)/t11-,22+,23+,24+,26+/m0/s1. The molecule has 0 radical (unpaired) electrons. The average Bonchev–Trinajstić information content (AvgIpc) is 3.51. The number of fused-ring (bicyclic) bond motifs is 10. The molecule has 4 heterocycles. The zero-order valence-corrected chi connectivity index (χ0v) is 18.3. The van der Waals surface area contributed by atoms with Crippen LogP contribution >= 0.6 is 0 Å². The molecule has 0 saturated carbocycles. The lowest BCUT2D eigenvalue weighted by Gasteiger charge is -2.40. The highest BCUT2D eigenvalue weighted by Crippen LogP contribution is 2.45. The van der Waals surface area contributed by atoms with Crippen molar-refractivity contribution >= 4 is 49.5 Å². The van der Waals surface area contributed by atoms with Gasteiger partial charge in [-0.25, -0.2) is 0 Å². The van der Waals surface area contributed by atoms with Crippen LogP contribution in [0.25, 0.3) is 43.6 Å². The Balaban J connectivity index is 1.70. The van der Waals surface area contributed by atoms with Crippen LogP contribution in [0.1, 0.15) is 29.1 Å². The molecule has 0 spiro atoms. The van der Waals surface area contributed by atoms with E-state index in [0.717, 1.165) is 49.2 Å². The molecule has 0 aliphatic carbocycles. The summed E-state index contributed by atoms with van der Waals surface area (Å²) in [6, 6.07) is 15.6. The number of aromatic amines is 1. The molecule has 0 unspecified atom stereocenters. The van der Waals surface area contributed by atoms with E-state index >= 15 is 0 Å². The van der Waals surface area contributed by atoms with Gasteiger partial charge in [0, 0.05) is 33.6 Å². The molecule has 8 heteroatoms. The van der Waals surface area contributed by atoms with Gasteiger partial charge in [-0.1, -0.05) is 36.4 Å². The summed E-state index contributed by atoms with van der Waals surface area (Å²) in [7, 11) is 0. The second-order valence-electron chi connectivity index (χ2n) is 9.27. The number of carbonyl (C=O) groups is 1. The van der Waals surface area contributed by atoms with E-state index in [4.69, 9.17) is 4.74 Å². The molecule has 2 aliphatic rings. The number of rotatable bonds is 1. The van der Waals surface area contributed by atoms with Gasteiger partial charge in [-0.3, -0.25) is 4.79 Å². The third-order valence-electron chi connectivity index (χ3n) is 7.44. The van der Waals surface area contributed by atoms with Gasteiger partial charge < -0.3 is 34.9 Å². The Bertz CT molecular complexity index is 1650. The fraction of sp³-hybridized carbons (Fsp3) is 0.269. The first kappa shape index (κ1) is 20.0. The van der Waals surface area contributed by atoms with Crippen molar-refractivity contribution < 1.29 is 24.9 Å². The summed E-state index contributed by atoms with van der Waals surface area (Å²) in [6.07, 6.45) is -5.61. The number of aliphatic hydroxyl groups is 3. The van der Waals surface area contributed by atoms with Crippen LogP contribution in [0.4, 0.5) is 0 Å². The monoisotopic (exact) mass is 457 g/mol. The summed E-state index contributed by atoms with van der Waals surface area (Å²) in [6.45, 7) is 2.11. The number of hydrogen-bond acceptors (Lipinski definition) is 5. The summed E-state index contributed by atoms with van der Waals surface area (Å²) in [5.41, 5.74) is 4.85. The average molecular weight is 457 g/mol. The third-order valence-corrected chi connectivity index (χ3v) is 7.44. The normalized spacial score (nSPS) is 27.2. The molecule has 5 atom stereocenters. The summed E-state index contributed by atoms with van der Waals surface area (Å²) in [4.78, 5) is 16.7. The Hall–Kier alpha value is -3.43. The fourth-order valence-electron chi connectivity index (χ4n) is 5.86. The number of ether oxygens (including phenoxy) is 1. The van der Waals surface area contributed by atoms with Crippen LogP contribution in [-0.4, -0.2) is 55.2 Å². The van der Waals surface area contributed by atoms with Crippen LogP contribution in [0, 0.1) is 0 Å². The maximum Gasteiger partial charge on any atom is 0.252 e. The predicted molar refractivity (Wildman–Crippen MR) is 128 cm³/mol. The minimum absolute atomic E-state index is 0.135. The van der Waals surface area contributed by atoms with Crippen LogP contribution in [0.3, 0.4) is 0 Å². The summed E-state index contributed by atoms with van der Waals surface area (Å²) < 4.78 is 7.97. The topological polar surface area (TPSA) is 120 Å². The van der Waals surface area contributed by atoms with E-state index in [-0.39, 0.29) is 5.91 Å². The van der Waals surface area contributed by atoms with E-state index in [1.807, 2.05) is 53.1 Å². The molecule has 2 aliphatic heterocycles. The van der Waals surface area contributed by atoms with Crippen molar-refractivity contribution in [2.45, 2.75) is 44.1 Å². The molecule has 1 fully saturated rings. The maximum atomic E-state index is 13.1. The number of aromatic nitrogens is 2. The van der Waals surface area contributed by atoms with Crippen molar-refractivity contribution in [3.05, 3.63) is 59.7 Å². The van der Waals surface area contributed by atoms with Crippen molar-refractivity contribution in [1.82, 2.24) is 14.9 Å². The molecule has 5 N–H and O–H groups in total. The Morgan fingerprint density at radius 2 is 1.68 bits per heavy atom. The Morgan fingerprint density at radius 1 is 0.941 bits per heavy atom. The third kappa shape index (κ3) is 2.38. The zero-order valence-electron chi connectivity index (χ0n) is 18.3. The SMILES string of the molecule is C[C@@H]1O[C@@H](n2c3ccccc3c3c4c(c5c6ccccc6[nH]c5c32)CNC4=O)[C@H](O)[C@H](O)[C@@H]1O. The van der Waals surface area contributed by atoms with Gasteiger partial charge in [0.1, 0.15) is 18.3 Å². The number of amides is 1. The lowest BCUT2D eigenvalue weighted by molar-refractivity contribution is -0.238. The highest BCUT2D eigenvalue weighted by molar-refractivity contribution is 6.30. The minimum atomic E-state index is -1.37. The number of hydrogen-bond donors (Lipinski definition) is 5. The summed E-state index contributed by atoms with van der Waals surface area (Å²) in [5, 5.41) is 38.5. The van der Waals surface area contributed by atoms with Crippen LogP contribution < -0.4 is 5.32 Å². The van der Waals surface area contributed by atoms with Crippen LogP contribution in [-0.2, 0) is 11.3 Å². The lowest BCUT2D eigenvalue weighted by Crippen LogP contribution is -2.54. The predicted octanol–water partition coefficient (Wildman–Crippen LogP) is 2.67. The number of nitrogens with one attached hydrogen (secondary N) is 2. The highest BCUT2D eigenvalue weighted by Gasteiger charge is 2.44.